The molecule has 43 heavy (non-hydrogen) atoms. The van der Waals surface area contributed by atoms with Gasteiger partial charge in [0.05, 0.1) is 15.6 Å². The molecule has 3 aromatic rings. The van der Waals surface area contributed by atoms with Gasteiger partial charge in [0.25, 0.3) is 5.91 Å². The number of nitrogens with two attached hydrogens (primary N) is 3. The van der Waals surface area contributed by atoms with Crippen LogP contribution in [0, 0.1) is 6.92 Å². The van der Waals surface area contributed by atoms with Crippen molar-refractivity contribution in [1.82, 2.24) is 15.6 Å². The van der Waals surface area contributed by atoms with Gasteiger partial charge in [-0.15, -0.1) is 11.3 Å². The Morgan fingerprint density at radius 3 is 2.44 bits per heavy atom. The van der Waals surface area contributed by atoms with Gasteiger partial charge in [0.1, 0.15) is 11.6 Å². The lowest BCUT2D eigenvalue weighted by Crippen LogP contribution is -2.54. The van der Waals surface area contributed by atoms with Crippen molar-refractivity contribution in [3.63, 3.8) is 0 Å². The van der Waals surface area contributed by atoms with Crippen molar-refractivity contribution < 1.29 is 19.1 Å². The fraction of sp³-hybridized carbons (Fsp3) is 0.438. The first-order valence-corrected chi connectivity index (χ1v) is 15.8. The van der Waals surface area contributed by atoms with E-state index in [1.165, 1.54) is 17.4 Å². The van der Waals surface area contributed by atoms with E-state index in [1.54, 1.807) is 18.3 Å². The minimum absolute atomic E-state index is 0.145. The summed E-state index contributed by atoms with van der Waals surface area (Å²) in [5.41, 5.74) is 21.3. The Morgan fingerprint density at radius 2 is 1.77 bits per heavy atom. The zero-order valence-electron chi connectivity index (χ0n) is 24.3. The molecule has 2 aromatic heterocycles. The molecule has 10 nitrogen and oxygen atoms in total. The van der Waals surface area contributed by atoms with Crippen molar-refractivity contribution in [2.24, 2.45) is 11.5 Å². The Morgan fingerprint density at radius 1 is 1.09 bits per heavy atom. The van der Waals surface area contributed by atoms with Gasteiger partial charge in [-0.2, -0.15) is 0 Å². The molecule has 1 aromatic carbocycles. The first-order valence-electron chi connectivity index (χ1n) is 14.9. The fourth-order valence-corrected chi connectivity index (χ4v) is 8.17. The van der Waals surface area contributed by atoms with Crippen molar-refractivity contribution >= 4 is 44.7 Å². The highest BCUT2D eigenvalue weighted by Gasteiger charge is 2.49. The normalized spacial score (nSPS) is 25.5. The Bertz CT molecular complexity index is 1630. The summed E-state index contributed by atoms with van der Waals surface area (Å²) in [5.74, 6) is -0.561. The summed E-state index contributed by atoms with van der Waals surface area (Å²) in [5, 5.41) is 6.68. The first kappa shape index (κ1) is 29.3. The van der Waals surface area contributed by atoms with Crippen molar-refractivity contribution in [2.45, 2.75) is 88.1 Å². The second-order valence-electron chi connectivity index (χ2n) is 11.9. The number of anilines is 1. The number of carbonyl (C=O) groups excluding carboxylic acids is 3. The number of aryl methyl sites for hydroxylation is 1. The number of thiophene rings is 1. The average Bonchev–Trinajstić information content (AvgIpc) is 3.65. The number of rotatable bonds is 7. The van der Waals surface area contributed by atoms with Crippen LogP contribution in [-0.4, -0.2) is 40.8 Å². The number of pyridine rings is 1. The lowest BCUT2D eigenvalue weighted by Gasteiger charge is -2.37. The van der Waals surface area contributed by atoms with Crippen molar-refractivity contribution in [3.8, 4) is 5.88 Å². The number of ether oxygens (including phenoxy) is 1. The molecule has 2 heterocycles. The SMILES string of the molecule is C=CC(=O)N[C@H]1CCCC[C@H]1NC(=O)c1sc2c(N)ccc3c2c1C(N)C(=O)C3(N)c1cnc(OC2CCCC2)cc1C. The molecule has 2 saturated carbocycles. The topological polar surface area (TPSA) is 175 Å². The fourth-order valence-electron chi connectivity index (χ4n) is 6.96. The van der Waals surface area contributed by atoms with Gasteiger partial charge in [-0.25, -0.2) is 4.98 Å². The standard InChI is InChI=1S/C32H38N6O4S/c1-3-23(39)37-21-10-6-7-11-22(21)38-31(41)29-26-25-18(12-13-20(33)28(25)43-29)32(35,30(40)27(26)34)19-15-36-24(14-16(19)2)42-17-8-4-5-9-17/h3,12-15,17,21-22,27H,1,4-11,33-35H2,2H3,(H,37,39)(H,38,41)/t21-,22+,27?,32?/m0/s1. The van der Waals surface area contributed by atoms with Crippen LogP contribution < -0.4 is 32.6 Å². The predicted molar refractivity (Wildman–Crippen MR) is 167 cm³/mol. The predicted octanol–water partition coefficient (Wildman–Crippen LogP) is 3.64. The summed E-state index contributed by atoms with van der Waals surface area (Å²) < 4.78 is 6.74. The second-order valence-corrected chi connectivity index (χ2v) is 13.0. The van der Waals surface area contributed by atoms with Gasteiger partial charge >= 0.3 is 0 Å². The molecule has 3 aliphatic carbocycles. The molecule has 2 unspecified atom stereocenters. The highest BCUT2D eigenvalue weighted by Crippen LogP contribution is 2.50. The van der Waals surface area contributed by atoms with Crippen LogP contribution >= 0.6 is 11.3 Å². The molecule has 0 saturated heterocycles. The summed E-state index contributed by atoms with van der Waals surface area (Å²) >= 11 is 1.21. The van der Waals surface area contributed by atoms with Crippen LogP contribution in [0.4, 0.5) is 5.69 Å². The van der Waals surface area contributed by atoms with Gasteiger partial charge in [0.2, 0.25) is 11.8 Å². The van der Waals surface area contributed by atoms with Crippen molar-refractivity contribution in [1.29, 1.82) is 0 Å². The van der Waals surface area contributed by atoms with Gasteiger partial charge in [-0.3, -0.25) is 14.4 Å². The molecular formula is C32H38N6O4S. The number of nitrogens with zero attached hydrogens (tertiary/aromatic N) is 1. The van der Waals surface area contributed by atoms with E-state index in [2.05, 4.69) is 22.2 Å². The Hall–Kier alpha value is -3.80. The highest BCUT2D eigenvalue weighted by atomic mass is 32.1. The molecule has 2 amide bonds. The van der Waals surface area contributed by atoms with E-state index in [0.29, 0.717) is 49.6 Å². The first-order chi connectivity index (χ1) is 20.6. The van der Waals surface area contributed by atoms with Crippen LogP contribution in [0.3, 0.4) is 0 Å². The average molecular weight is 603 g/mol. The van der Waals surface area contributed by atoms with E-state index < -0.39 is 17.4 Å². The van der Waals surface area contributed by atoms with E-state index in [0.717, 1.165) is 50.5 Å². The Balaban J connectivity index is 1.39. The van der Waals surface area contributed by atoms with Crippen LogP contribution in [0.15, 0.2) is 37.1 Å². The third-order valence-corrected chi connectivity index (χ3v) is 10.5. The highest BCUT2D eigenvalue weighted by molar-refractivity contribution is 7.21. The van der Waals surface area contributed by atoms with Gasteiger partial charge in [-0.1, -0.05) is 25.5 Å². The number of amides is 2. The molecule has 226 valence electrons. The molecule has 3 aliphatic rings. The number of hydrogen-bond acceptors (Lipinski definition) is 9. The Labute approximate surface area is 254 Å². The molecule has 8 N–H and O–H groups in total. The molecule has 6 rings (SSSR count). The minimum atomic E-state index is -1.60. The van der Waals surface area contributed by atoms with E-state index in [4.69, 9.17) is 21.9 Å². The molecular weight excluding hydrogens is 564 g/mol. The second kappa shape index (κ2) is 11.4. The molecule has 11 heteroatoms. The molecule has 2 fully saturated rings. The molecule has 0 radical (unpaired) electrons. The number of nitrogen functional groups attached to an aromatic ring is 1. The van der Waals surface area contributed by atoms with Gasteiger partial charge in [-0.05, 0) is 68.7 Å². The maximum absolute atomic E-state index is 14.2. The summed E-state index contributed by atoms with van der Waals surface area (Å²) in [6.45, 7) is 5.42. The minimum Gasteiger partial charge on any atom is -0.474 e. The number of carbonyl (C=O) groups is 3. The zero-order chi connectivity index (χ0) is 30.5. The van der Waals surface area contributed by atoms with Gasteiger partial charge in [0, 0.05) is 46.5 Å². The molecule has 0 aliphatic heterocycles. The number of nitrogens with one attached hydrogen (secondary N) is 2. The number of aromatic nitrogens is 1. The zero-order valence-corrected chi connectivity index (χ0v) is 25.1. The molecule has 0 spiro atoms. The van der Waals surface area contributed by atoms with E-state index in [-0.39, 0.29) is 30.0 Å². The molecule has 0 bridgehead atoms. The third-order valence-electron chi connectivity index (χ3n) is 9.22. The smallest absolute Gasteiger partial charge is 0.262 e. The lowest BCUT2D eigenvalue weighted by molar-refractivity contribution is -0.124. The monoisotopic (exact) mass is 602 g/mol. The maximum Gasteiger partial charge on any atom is 0.262 e. The quantitative estimate of drug-likeness (QED) is 0.201. The maximum atomic E-state index is 14.2. The summed E-state index contributed by atoms with van der Waals surface area (Å²) in [4.78, 5) is 44.9. The number of hydrogen-bond donors (Lipinski definition) is 5. The van der Waals surface area contributed by atoms with Crippen LogP contribution in [0.5, 0.6) is 5.88 Å². The van der Waals surface area contributed by atoms with Gasteiger partial charge in [0.15, 0.2) is 5.78 Å². The summed E-state index contributed by atoms with van der Waals surface area (Å²) in [6.07, 6.45) is 10.6. The van der Waals surface area contributed by atoms with Crippen LogP contribution in [-0.2, 0) is 15.1 Å². The Kier molecular flexibility index (Phi) is 7.74. The number of Topliss-reactive ketones (excluding diaryl/α,β-unsaturated/α-hetero) is 1. The third kappa shape index (κ3) is 4.99. The van der Waals surface area contributed by atoms with E-state index in [1.807, 2.05) is 13.0 Å². The van der Waals surface area contributed by atoms with Crippen molar-refractivity contribution in [3.05, 3.63) is 64.2 Å². The lowest BCUT2D eigenvalue weighted by atomic mass is 9.70. The largest absolute Gasteiger partial charge is 0.474 e. The van der Waals surface area contributed by atoms with Gasteiger partial charge < -0.3 is 32.6 Å². The van der Waals surface area contributed by atoms with E-state index in [9.17, 15) is 14.4 Å². The van der Waals surface area contributed by atoms with Crippen LogP contribution in [0.1, 0.15) is 89.3 Å². The van der Waals surface area contributed by atoms with E-state index >= 15 is 0 Å². The summed E-state index contributed by atoms with van der Waals surface area (Å²) in [7, 11) is 0. The van der Waals surface area contributed by atoms with Crippen molar-refractivity contribution in [2.75, 3.05) is 5.73 Å². The summed E-state index contributed by atoms with van der Waals surface area (Å²) in [6, 6.07) is 3.63. The number of benzene rings is 1. The van der Waals surface area contributed by atoms with Crippen LogP contribution in [0.25, 0.3) is 10.1 Å². The number of ketones is 1. The molecule has 4 atom stereocenters. The van der Waals surface area contributed by atoms with Crippen LogP contribution in [0.2, 0.25) is 0 Å².